The van der Waals surface area contributed by atoms with Gasteiger partial charge >= 0.3 is 0 Å². The van der Waals surface area contributed by atoms with Crippen molar-refractivity contribution in [3.05, 3.63) is 52.3 Å². The molecule has 1 aliphatic rings. The lowest BCUT2D eigenvalue weighted by molar-refractivity contribution is 0.960. The SMILES string of the molecule is C/C(=N/Nc1nc(C)cc(C2CC2)n1)c1cc(C)ccc1C. The van der Waals surface area contributed by atoms with Crippen LogP contribution in [-0.2, 0) is 0 Å². The molecule has 114 valence electrons. The van der Waals surface area contributed by atoms with Gasteiger partial charge in [0, 0.05) is 22.9 Å². The molecule has 1 fully saturated rings. The fraction of sp³-hybridized carbons (Fsp3) is 0.389. The summed E-state index contributed by atoms with van der Waals surface area (Å²) < 4.78 is 0. The van der Waals surface area contributed by atoms with Gasteiger partial charge in [-0.15, -0.1) is 0 Å². The molecule has 2 aromatic rings. The summed E-state index contributed by atoms with van der Waals surface area (Å²) in [5.74, 6) is 1.21. The molecule has 1 N–H and O–H groups in total. The van der Waals surface area contributed by atoms with E-state index in [1.165, 1.54) is 24.0 Å². The van der Waals surface area contributed by atoms with Gasteiger partial charge in [-0.05, 0) is 58.2 Å². The molecule has 0 amide bonds. The van der Waals surface area contributed by atoms with E-state index in [1.54, 1.807) is 0 Å². The van der Waals surface area contributed by atoms with Crippen molar-refractivity contribution in [3.8, 4) is 0 Å². The zero-order valence-corrected chi connectivity index (χ0v) is 13.6. The van der Waals surface area contributed by atoms with Gasteiger partial charge in [0.2, 0.25) is 5.95 Å². The molecule has 1 aromatic carbocycles. The summed E-state index contributed by atoms with van der Waals surface area (Å²) in [6.07, 6.45) is 2.47. The lowest BCUT2D eigenvalue weighted by Crippen LogP contribution is -2.06. The van der Waals surface area contributed by atoms with Crippen molar-refractivity contribution in [2.45, 2.75) is 46.5 Å². The van der Waals surface area contributed by atoms with Crippen LogP contribution in [0.25, 0.3) is 0 Å². The minimum absolute atomic E-state index is 0.589. The van der Waals surface area contributed by atoms with E-state index in [1.807, 2.05) is 13.8 Å². The third kappa shape index (κ3) is 3.32. The van der Waals surface area contributed by atoms with Gasteiger partial charge in [-0.1, -0.05) is 17.7 Å². The maximum absolute atomic E-state index is 4.57. The lowest BCUT2D eigenvalue weighted by atomic mass is 10.0. The molecule has 1 saturated carbocycles. The first-order chi connectivity index (χ1) is 10.5. The molecule has 1 aliphatic carbocycles. The first-order valence-electron chi connectivity index (χ1n) is 7.76. The summed E-state index contributed by atoms with van der Waals surface area (Å²) >= 11 is 0. The minimum Gasteiger partial charge on any atom is -0.245 e. The van der Waals surface area contributed by atoms with Crippen LogP contribution in [-0.4, -0.2) is 15.7 Å². The first-order valence-corrected chi connectivity index (χ1v) is 7.76. The van der Waals surface area contributed by atoms with Crippen LogP contribution in [0.4, 0.5) is 5.95 Å². The van der Waals surface area contributed by atoms with E-state index in [0.29, 0.717) is 11.9 Å². The number of aromatic nitrogens is 2. The number of nitrogens with one attached hydrogen (secondary N) is 1. The van der Waals surface area contributed by atoms with Gasteiger partial charge in [-0.25, -0.2) is 15.4 Å². The van der Waals surface area contributed by atoms with Crippen LogP contribution >= 0.6 is 0 Å². The fourth-order valence-corrected chi connectivity index (χ4v) is 2.55. The Kier molecular flexibility index (Phi) is 3.92. The predicted molar refractivity (Wildman–Crippen MR) is 90.5 cm³/mol. The van der Waals surface area contributed by atoms with E-state index in [2.05, 4.69) is 58.6 Å². The van der Waals surface area contributed by atoms with E-state index < -0.39 is 0 Å². The van der Waals surface area contributed by atoms with Gasteiger partial charge in [-0.2, -0.15) is 5.10 Å². The highest BCUT2D eigenvalue weighted by atomic mass is 15.4. The Morgan fingerprint density at radius 2 is 1.91 bits per heavy atom. The smallest absolute Gasteiger partial charge is 0.243 e. The number of hydrogen-bond donors (Lipinski definition) is 1. The number of aryl methyl sites for hydroxylation is 3. The standard InChI is InChI=1S/C18H22N4/c1-11-5-6-12(2)16(9-11)14(4)21-22-18-19-13(3)10-17(20-18)15-7-8-15/h5-6,9-10,15H,7-8H2,1-4H3,(H,19,20,22)/b21-14-. The average Bonchev–Trinajstić information content (AvgIpc) is 3.31. The summed E-state index contributed by atoms with van der Waals surface area (Å²) in [5.41, 5.74) is 9.69. The highest BCUT2D eigenvalue weighted by Gasteiger charge is 2.25. The van der Waals surface area contributed by atoms with Crippen molar-refractivity contribution in [2.75, 3.05) is 5.43 Å². The van der Waals surface area contributed by atoms with Crippen molar-refractivity contribution in [1.29, 1.82) is 0 Å². The number of rotatable bonds is 4. The van der Waals surface area contributed by atoms with Crippen molar-refractivity contribution in [3.63, 3.8) is 0 Å². The Hall–Kier alpha value is -2.23. The van der Waals surface area contributed by atoms with Gasteiger partial charge in [0.25, 0.3) is 0 Å². The fourth-order valence-electron chi connectivity index (χ4n) is 2.55. The molecule has 0 atom stereocenters. The van der Waals surface area contributed by atoms with E-state index in [-0.39, 0.29) is 0 Å². The third-order valence-corrected chi connectivity index (χ3v) is 3.98. The Morgan fingerprint density at radius 3 is 2.64 bits per heavy atom. The Morgan fingerprint density at radius 1 is 1.14 bits per heavy atom. The molecule has 1 aromatic heterocycles. The maximum Gasteiger partial charge on any atom is 0.243 e. The van der Waals surface area contributed by atoms with Crippen LogP contribution in [0.2, 0.25) is 0 Å². The molecule has 0 unspecified atom stereocenters. The predicted octanol–water partition coefficient (Wildman–Crippen LogP) is 4.12. The Labute approximate surface area is 131 Å². The second kappa shape index (κ2) is 5.87. The third-order valence-electron chi connectivity index (χ3n) is 3.98. The van der Waals surface area contributed by atoms with Crippen molar-refractivity contribution in [2.24, 2.45) is 5.10 Å². The summed E-state index contributed by atoms with van der Waals surface area (Å²) in [4.78, 5) is 8.99. The summed E-state index contributed by atoms with van der Waals surface area (Å²) in [6, 6.07) is 8.47. The molecule has 4 heteroatoms. The van der Waals surface area contributed by atoms with Crippen LogP contribution in [0.15, 0.2) is 29.4 Å². The van der Waals surface area contributed by atoms with Crippen LogP contribution in [0.5, 0.6) is 0 Å². The van der Waals surface area contributed by atoms with Gasteiger partial charge in [-0.3, -0.25) is 0 Å². The number of hydrazone groups is 1. The molecular formula is C18H22N4. The zero-order valence-electron chi connectivity index (χ0n) is 13.6. The number of anilines is 1. The van der Waals surface area contributed by atoms with Crippen molar-refractivity contribution < 1.29 is 0 Å². The molecule has 0 spiro atoms. The molecule has 3 rings (SSSR count). The molecule has 4 nitrogen and oxygen atoms in total. The van der Waals surface area contributed by atoms with Crippen LogP contribution in [0, 0.1) is 20.8 Å². The van der Waals surface area contributed by atoms with E-state index in [9.17, 15) is 0 Å². The van der Waals surface area contributed by atoms with Crippen LogP contribution in [0.3, 0.4) is 0 Å². The number of hydrogen-bond acceptors (Lipinski definition) is 4. The van der Waals surface area contributed by atoms with Crippen LogP contribution in [0.1, 0.15) is 53.8 Å². The summed E-state index contributed by atoms with van der Waals surface area (Å²) in [6.45, 7) is 8.20. The van der Waals surface area contributed by atoms with E-state index >= 15 is 0 Å². The normalized spacial score (nSPS) is 15.0. The summed E-state index contributed by atoms with van der Waals surface area (Å²) in [7, 11) is 0. The zero-order chi connectivity index (χ0) is 15.7. The van der Waals surface area contributed by atoms with E-state index in [0.717, 1.165) is 22.7 Å². The second-order valence-corrected chi connectivity index (χ2v) is 6.16. The molecule has 0 saturated heterocycles. The summed E-state index contributed by atoms with van der Waals surface area (Å²) in [5, 5.41) is 4.47. The Balaban J connectivity index is 1.82. The largest absolute Gasteiger partial charge is 0.245 e. The molecule has 22 heavy (non-hydrogen) atoms. The van der Waals surface area contributed by atoms with Gasteiger partial charge < -0.3 is 0 Å². The van der Waals surface area contributed by atoms with Crippen LogP contribution < -0.4 is 5.43 Å². The lowest BCUT2D eigenvalue weighted by Gasteiger charge is -2.08. The highest BCUT2D eigenvalue weighted by Crippen LogP contribution is 2.39. The number of nitrogens with zero attached hydrogens (tertiary/aromatic N) is 3. The molecular weight excluding hydrogens is 272 g/mol. The van der Waals surface area contributed by atoms with Gasteiger partial charge in [0.1, 0.15) is 0 Å². The molecule has 0 bridgehead atoms. The highest BCUT2D eigenvalue weighted by molar-refractivity contribution is 6.00. The maximum atomic E-state index is 4.57. The van der Waals surface area contributed by atoms with Crippen molar-refractivity contribution >= 4 is 11.7 Å². The Bertz CT molecular complexity index is 730. The molecule has 1 heterocycles. The minimum atomic E-state index is 0.589. The van der Waals surface area contributed by atoms with Gasteiger partial charge in [0.15, 0.2) is 0 Å². The van der Waals surface area contributed by atoms with Crippen molar-refractivity contribution in [1.82, 2.24) is 9.97 Å². The van der Waals surface area contributed by atoms with E-state index in [4.69, 9.17) is 0 Å². The first kappa shape index (κ1) is 14.7. The molecule has 0 aliphatic heterocycles. The second-order valence-electron chi connectivity index (χ2n) is 6.16. The number of benzene rings is 1. The monoisotopic (exact) mass is 294 g/mol. The quantitative estimate of drug-likeness (QED) is 0.682. The van der Waals surface area contributed by atoms with Gasteiger partial charge in [0.05, 0.1) is 5.71 Å². The topological polar surface area (TPSA) is 50.2 Å². The average molecular weight is 294 g/mol. The molecule has 0 radical (unpaired) electrons.